The Morgan fingerprint density at radius 2 is 1.77 bits per heavy atom. The van der Waals surface area contributed by atoms with Gasteiger partial charge in [0, 0.05) is 55.3 Å². The molecule has 4 rings (SSSR count). The van der Waals surface area contributed by atoms with E-state index in [-0.39, 0.29) is 23.6 Å². The number of carbonyl (C=O) groups is 1. The van der Waals surface area contributed by atoms with Crippen LogP contribution >= 0.6 is 0 Å². The van der Waals surface area contributed by atoms with Crippen molar-refractivity contribution in [2.75, 3.05) is 26.7 Å². The van der Waals surface area contributed by atoms with Crippen molar-refractivity contribution in [1.82, 2.24) is 9.80 Å². The zero-order valence-electron chi connectivity index (χ0n) is 21.1. The summed E-state index contributed by atoms with van der Waals surface area (Å²) in [6, 6.07) is 23.9. The normalized spacial score (nSPS) is 18.1. The predicted octanol–water partition coefficient (Wildman–Crippen LogP) is 5.48. The highest BCUT2D eigenvalue weighted by Crippen LogP contribution is 2.36. The lowest BCUT2D eigenvalue weighted by atomic mass is 9.88. The molecule has 1 fully saturated rings. The first-order valence-corrected chi connectivity index (χ1v) is 12.4. The standard InChI is InChI=1S/C30H36N2O3/c1-21(2)32(30(34)24-8-6-5-7-9-24)19-26-18-31(17-25-14-15-27(35-4)16-29(25)33)20-28(26)23-12-10-22(3)11-13-23/h5-16,21,26,28,33H,17-20H2,1-4H3/t26-,28+/m1/s1. The lowest BCUT2D eigenvalue weighted by Gasteiger charge is -2.32. The van der Waals surface area contributed by atoms with Crippen molar-refractivity contribution >= 4 is 5.91 Å². The van der Waals surface area contributed by atoms with Gasteiger partial charge in [-0.3, -0.25) is 9.69 Å². The molecule has 0 spiro atoms. The molecule has 1 N–H and O–H groups in total. The molecule has 0 saturated carbocycles. The molecule has 0 aliphatic carbocycles. The number of aryl methyl sites for hydroxylation is 1. The van der Waals surface area contributed by atoms with E-state index in [2.05, 4.69) is 49.9 Å². The van der Waals surface area contributed by atoms with Crippen molar-refractivity contribution in [3.8, 4) is 11.5 Å². The van der Waals surface area contributed by atoms with Crippen molar-refractivity contribution in [1.29, 1.82) is 0 Å². The highest BCUT2D eigenvalue weighted by Gasteiger charge is 2.36. The number of methoxy groups -OCH3 is 1. The van der Waals surface area contributed by atoms with Crippen LogP contribution in [-0.2, 0) is 6.54 Å². The summed E-state index contributed by atoms with van der Waals surface area (Å²) < 4.78 is 5.24. The number of phenolic OH excluding ortho intramolecular Hbond substituents is 1. The fourth-order valence-corrected chi connectivity index (χ4v) is 5.04. The molecular formula is C30H36N2O3. The topological polar surface area (TPSA) is 53.0 Å². The Balaban J connectivity index is 1.58. The Morgan fingerprint density at radius 1 is 1.06 bits per heavy atom. The highest BCUT2D eigenvalue weighted by atomic mass is 16.5. The average molecular weight is 473 g/mol. The fraction of sp³-hybridized carbons (Fsp3) is 0.367. The van der Waals surface area contributed by atoms with Gasteiger partial charge in [0.15, 0.2) is 0 Å². The summed E-state index contributed by atoms with van der Waals surface area (Å²) in [6.07, 6.45) is 0. The quantitative estimate of drug-likeness (QED) is 0.472. The molecule has 3 aromatic rings. The van der Waals surface area contributed by atoms with Gasteiger partial charge in [0.2, 0.25) is 0 Å². The predicted molar refractivity (Wildman–Crippen MR) is 140 cm³/mol. The van der Waals surface area contributed by atoms with Gasteiger partial charge in [-0.2, -0.15) is 0 Å². The third-order valence-electron chi connectivity index (χ3n) is 7.04. The summed E-state index contributed by atoms with van der Waals surface area (Å²) >= 11 is 0. The van der Waals surface area contributed by atoms with Crippen molar-refractivity contribution in [2.45, 2.75) is 39.3 Å². The number of likely N-dealkylation sites (tertiary alicyclic amines) is 1. The molecule has 1 saturated heterocycles. The number of ether oxygens (including phenoxy) is 1. The van der Waals surface area contributed by atoms with Gasteiger partial charge in [-0.05, 0) is 50.5 Å². The largest absolute Gasteiger partial charge is 0.507 e. The summed E-state index contributed by atoms with van der Waals surface area (Å²) in [4.78, 5) is 17.8. The second-order valence-electron chi connectivity index (χ2n) is 9.88. The van der Waals surface area contributed by atoms with E-state index in [1.807, 2.05) is 47.4 Å². The Labute approximate surface area is 209 Å². The van der Waals surface area contributed by atoms with Gasteiger partial charge in [-0.1, -0.05) is 54.1 Å². The number of carbonyl (C=O) groups excluding carboxylic acids is 1. The molecule has 0 radical (unpaired) electrons. The van der Waals surface area contributed by atoms with Crippen molar-refractivity contribution < 1.29 is 14.6 Å². The monoisotopic (exact) mass is 472 g/mol. The summed E-state index contributed by atoms with van der Waals surface area (Å²) in [6.45, 7) is 9.36. The molecule has 0 unspecified atom stereocenters. The summed E-state index contributed by atoms with van der Waals surface area (Å²) in [5.74, 6) is 1.57. The van der Waals surface area contributed by atoms with Crippen molar-refractivity contribution in [3.05, 3.63) is 95.1 Å². The smallest absolute Gasteiger partial charge is 0.254 e. The van der Waals surface area contributed by atoms with E-state index >= 15 is 0 Å². The number of hydrogen-bond acceptors (Lipinski definition) is 4. The van der Waals surface area contributed by atoms with Crippen molar-refractivity contribution in [3.63, 3.8) is 0 Å². The fourth-order valence-electron chi connectivity index (χ4n) is 5.04. The molecule has 0 aromatic heterocycles. The molecule has 5 heteroatoms. The number of nitrogens with zero attached hydrogens (tertiary/aromatic N) is 2. The maximum absolute atomic E-state index is 13.4. The zero-order chi connectivity index (χ0) is 24.9. The van der Waals surface area contributed by atoms with E-state index in [1.54, 1.807) is 13.2 Å². The Morgan fingerprint density at radius 3 is 2.40 bits per heavy atom. The molecule has 0 bridgehead atoms. The van der Waals surface area contributed by atoms with E-state index in [9.17, 15) is 9.90 Å². The summed E-state index contributed by atoms with van der Waals surface area (Å²) in [5.41, 5.74) is 4.16. The molecule has 3 aromatic carbocycles. The molecule has 2 atom stereocenters. The first-order chi connectivity index (χ1) is 16.9. The molecular weight excluding hydrogens is 436 g/mol. The van der Waals surface area contributed by atoms with Gasteiger partial charge in [0.25, 0.3) is 5.91 Å². The van der Waals surface area contributed by atoms with Gasteiger partial charge in [-0.25, -0.2) is 0 Å². The van der Waals surface area contributed by atoms with Crippen LogP contribution in [0, 0.1) is 12.8 Å². The van der Waals surface area contributed by atoms with Crippen LogP contribution in [0.5, 0.6) is 11.5 Å². The summed E-state index contributed by atoms with van der Waals surface area (Å²) in [5, 5.41) is 10.5. The maximum atomic E-state index is 13.4. The SMILES string of the molecule is COc1ccc(CN2C[C@H](CN(C(=O)c3ccccc3)C(C)C)[C@H](c3ccc(C)cc3)C2)c(O)c1. The van der Waals surface area contributed by atoms with Crippen LogP contribution in [0.25, 0.3) is 0 Å². The Hall–Kier alpha value is -3.31. The zero-order valence-corrected chi connectivity index (χ0v) is 21.1. The van der Waals surface area contributed by atoms with Crippen molar-refractivity contribution in [2.24, 2.45) is 5.92 Å². The maximum Gasteiger partial charge on any atom is 0.254 e. The van der Waals surface area contributed by atoms with Gasteiger partial charge >= 0.3 is 0 Å². The molecule has 5 nitrogen and oxygen atoms in total. The molecule has 1 amide bonds. The molecule has 1 aliphatic heterocycles. The average Bonchev–Trinajstić information content (AvgIpc) is 3.26. The minimum Gasteiger partial charge on any atom is -0.507 e. The first-order valence-electron chi connectivity index (χ1n) is 12.4. The van der Waals surface area contributed by atoms with Gasteiger partial charge in [0.05, 0.1) is 7.11 Å². The number of phenols is 1. The number of benzene rings is 3. The van der Waals surface area contributed by atoms with Gasteiger partial charge in [0.1, 0.15) is 11.5 Å². The van der Waals surface area contributed by atoms with Crippen LogP contribution in [-0.4, -0.2) is 53.6 Å². The minimum atomic E-state index is 0.0782. The third-order valence-corrected chi connectivity index (χ3v) is 7.04. The van der Waals surface area contributed by atoms with E-state index in [0.29, 0.717) is 24.8 Å². The second kappa shape index (κ2) is 11.0. The molecule has 1 aliphatic rings. The van der Waals surface area contributed by atoms with Crippen LogP contribution in [0.1, 0.15) is 46.8 Å². The van der Waals surface area contributed by atoms with Crippen LogP contribution in [0.4, 0.5) is 0 Å². The van der Waals surface area contributed by atoms with Crippen LogP contribution in [0.15, 0.2) is 72.8 Å². The molecule has 184 valence electrons. The van der Waals surface area contributed by atoms with Crippen LogP contribution in [0.3, 0.4) is 0 Å². The first kappa shape index (κ1) is 24.8. The highest BCUT2D eigenvalue weighted by molar-refractivity contribution is 5.94. The second-order valence-corrected chi connectivity index (χ2v) is 9.88. The van der Waals surface area contributed by atoms with Gasteiger partial charge in [-0.15, -0.1) is 0 Å². The van der Waals surface area contributed by atoms with Crippen LogP contribution < -0.4 is 4.74 Å². The van der Waals surface area contributed by atoms with E-state index < -0.39 is 0 Å². The third kappa shape index (κ3) is 5.85. The lowest BCUT2D eigenvalue weighted by molar-refractivity contribution is 0.0668. The van der Waals surface area contributed by atoms with E-state index in [4.69, 9.17) is 4.74 Å². The summed E-state index contributed by atoms with van der Waals surface area (Å²) in [7, 11) is 1.60. The number of amides is 1. The minimum absolute atomic E-state index is 0.0782. The van der Waals surface area contributed by atoms with Gasteiger partial charge < -0.3 is 14.7 Å². The molecule has 35 heavy (non-hydrogen) atoms. The van der Waals surface area contributed by atoms with Crippen LogP contribution in [0.2, 0.25) is 0 Å². The van der Waals surface area contributed by atoms with E-state index in [0.717, 1.165) is 24.2 Å². The Kier molecular flexibility index (Phi) is 7.76. The Bertz CT molecular complexity index is 1130. The molecule has 1 heterocycles. The number of hydrogen-bond donors (Lipinski definition) is 1. The number of aromatic hydroxyl groups is 1. The van der Waals surface area contributed by atoms with E-state index in [1.165, 1.54) is 11.1 Å². The number of rotatable bonds is 8. The lowest BCUT2D eigenvalue weighted by Crippen LogP contribution is -2.42.